The Bertz CT molecular complexity index is 1050. The summed E-state index contributed by atoms with van der Waals surface area (Å²) in [5.74, 6) is 0. The summed E-state index contributed by atoms with van der Waals surface area (Å²) >= 11 is 0. The van der Waals surface area contributed by atoms with Gasteiger partial charge in [0.05, 0.1) is 11.2 Å². The fourth-order valence-corrected chi connectivity index (χ4v) is 2.69. The predicted octanol–water partition coefficient (Wildman–Crippen LogP) is 3.22. The summed E-state index contributed by atoms with van der Waals surface area (Å²) in [5.41, 5.74) is 3.68. The highest BCUT2D eigenvalue weighted by Crippen LogP contribution is 2.22. The molecule has 2 aromatic heterocycles. The molecule has 0 radical (unpaired) electrons. The average molecular weight is 287 g/mol. The van der Waals surface area contributed by atoms with Gasteiger partial charge in [-0.15, -0.1) is 0 Å². The second-order valence-electron chi connectivity index (χ2n) is 5.21. The van der Waals surface area contributed by atoms with Gasteiger partial charge in [0.25, 0.3) is 5.56 Å². The summed E-state index contributed by atoms with van der Waals surface area (Å²) < 4.78 is 1.52. The van der Waals surface area contributed by atoms with E-state index in [9.17, 15) is 4.79 Å². The lowest BCUT2D eigenvalue weighted by molar-refractivity contribution is 0.993. The van der Waals surface area contributed by atoms with Gasteiger partial charge in [-0.05, 0) is 19.1 Å². The third-order valence-corrected chi connectivity index (χ3v) is 3.85. The topological polar surface area (TPSA) is 47.3 Å². The minimum Gasteiger partial charge on any atom is -0.269 e. The molecule has 0 atom stereocenters. The first-order chi connectivity index (χ1) is 10.8. The van der Waals surface area contributed by atoms with Crippen molar-refractivity contribution in [2.45, 2.75) is 6.92 Å². The Hall–Kier alpha value is -3.01. The van der Waals surface area contributed by atoms with E-state index in [4.69, 9.17) is 4.98 Å². The highest BCUT2D eigenvalue weighted by atomic mass is 16.1. The number of fused-ring (bicyclic) bond motifs is 3. The minimum absolute atomic E-state index is 0.0814. The summed E-state index contributed by atoms with van der Waals surface area (Å²) in [5, 5.41) is 0.874. The van der Waals surface area contributed by atoms with Crippen LogP contribution in [-0.4, -0.2) is 14.4 Å². The zero-order valence-electron chi connectivity index (χ0n) is 12.0. The molecule has 0 fully saturated rings. The molecular weight excluding hydrogens is 274 g/mol. The van der Waals surface area contributed by atoms with Crippen molar-refractivity contribution in [3.8, 4) is 11.3 Å². The van der Waals surface area contributed by atoms with Crippen molar-refractivity contribution >= 4 is 16.6 Å². The van der Waals surface area contributed by atoms with Gasteiger partial charge in [-0.2, -0.15) is 0 Å². The molecule has 0 N–H and O–H groups in total. The third kappa shape index (κ3) is 1.81. The number of nitrogens with zero attached hydrogens (tertiary/aromatic N) is 3. The van der Waals surface area contributed by atoms with Gasteiger partial charge in [0.2, 0.25) is 0 Å². The molecule has 0 saturated carbocycles. The third-order valence-electron chi connectivity index (χ3n) is 3.85. The van der Waals surface area contributed by atoms with Crippen LogP contribution in [0.25, 0.3) is 27.8 Å². The van der Waals surface area contributed by atoms with Crippen LogP contribution in [0.4, 0.5) is 0 Å². The zero-order valence-corrected chi connectivity index (χ0v) is 12.0. The first-order valence-electron chi connectivity index (χ1n) is 7.08. The average Bonchev–Trinajstić information content (AvgIpc) is 2.58. The quantitative estimate of drug-likeness (QED) is 0.505. The Morgan fingerprint density at radius 2 is 1.68 bits per heavy atom. The van der Waals surface area contributed by atoms with Crippen LogP contribution < -0.4 is 5.56 Å². The first-order valence-corrected chi connectivity index (χ1v) is 7.08. The van der Waals surface area contributed by atoms with Gasteiger partial charge in [0.1, 0.15) is 6.33 Å². The summed E-state index contributed by atoms with van der Waals surface area (Å²) in [6.45, 7) is 1.80. The van der Waals surface area contributed by atoms with Crippen LogP contribution in [0.5, 0.6) is 0 Å². The van der Waals surface area contributed by atoms with Crippen LogP contribution in [0.3, 0.4) is 0 Å². The van der Waals surface area contributed by atoms with E-state index in [0.717, 1.165) is 22.2 Å². The molecule has 106 valence electrons. The lowest BCUT2D eigenvalue weighted by Crippen LogP contribution is -2.19. The van der Waals surface area contributed by atoms with Crippen molar-refractivity contribution < 1.29 is 0 Å². The summed E-state index contributed by atoms with van der Waals surface area (Å²) in [4.78, 5) is 21.7. The SMILES string of the molecule is Cc1c(-c2ccccc2)nc2c3ccccc3ncn2c1=O. The Labute approximate surface area is 126 Å². The lowest BCUT2D eigenvalue weighted by atomic mass is 10.1. The summed E-state index contributed by atoms with van der Waals surface area (Å²) in [6, 6.07) is 17.5. The maximum atomic E-state index is 12.6. The Kier molecular flexibility index (Phi) is 2.76. The molecule has 4 heteroatoms. The van der Waals surface area contributed by atoms with Gasteiger partial charge in [-0.1, -0.05) is 42.5 Å². The summed E-state index contributed by atoms with van der Waals surface area (Å²) in [6.07, 6.45) is 1.55. The largest absolute Gasteiger partial charge is 0.269 e. The fraction of sp³-hybridized carbons (Fsp3) is 0.0556. The molecule has 0 aliphatic rings. The maximum Gasteiger partial charge on any atom is 0.262 e. The number of benzene rings is 2. The number of aromatic nitrogens is 3. The van der Waals surface area contributed by atoms with Crippen LogP contribution >= 0.6 is 0 Å². The Balaban J connectivity index is 2.18. The van der Waals surface area contributed by atoms with Crippen LogP contribution in [0.15, 0.2) is 65.7 Å². The van der Waals surface area contributed by atoms with Crippen LogP contribution in [0, 0.1) is 6.92 Å². The first kappa shape index (κ1) is 12.7. The second kappa shape index (κ2) is 4.77. The molecule has 2 heterocycles. The molecule has 22 heavy (non-hydrogen) atoms. The van der Waals surface area contributed by atoms with Crippen molar-refractivity contribution in [2.24, 2.45) is 0 Å². The second-order valence-corrected chi connectivity index (χ2v) is 5.21. The lowest BCUT2D eigenvalue weighted by Gasteiger charge is -2.09. The molecule has 0 unspecified atom stereocenters. The zero-order chi connectivity index (χ0) is 15.1. The van der Waals surface area contributed by atoms with Crippen molar-refractivity contribution in [2.75, 3.05) is 0 Å². The molecule has 2 aromatic carbocycles. The number of hydrogen-bond donors (Lipinski definition) is 0. The molecular formula is C18H13N3O. The van der Waals surface area contributed by atoms with Gasteiger partial charge in [0, 0.05) is 16.5 Å². The Morgan fingerprint density at radius 1 is 0.955 bits per heavy atom. The van der Waals surface area contributed by atoms with Gasteiger partial charge >= 0.3 is 0 Å². The molecule has 0 bridgehead atoms. The van der Waals surface area contributed by atoms with E-state index in [2.05, 4.69) is 4.98 Å². The molecule has 4 rings (SSSR count). The maximum absolute atomic E-state index is 12.6. The smallest absolute Gasteiger partial charge is 0.262 e. The van der Waals surface area contributed by atoms with E-state index in [1.807, 2.05) is 54.6 Å². The van der Waals surface area contributed by atoms with Crippen molar-refractivity contribution in [1.82, 2.24) is 14.4 Å². The monoisotopic (exact) mass is 287 g/mol. The van der Waals surface area contributed by atoms with E-state index < -0.39 is 0 Å². The molecule has 4 nitrogen and oxygen atoms in total. The number of hydrogen-bond acceptors (Lipinski definition) is 3. The van der Waals surface area contributed by atoms with Gasteiger partial charge in [0.15, 0.2) is 5.65 Å². The summed E-state index contributed by atoms with van der Waals surface area (Å²) in [7, 11) is 0. The number of rotatable bonds is 1. The van der Waals surface area contributed by atoms with E-state index in [1.54, 1.807) is 13.3 Å². The van der Waals surface area contributed by atoms with Gasteiger partial charge in [-0.25, -0.2) is 14.4 Å². The highest BCUT2D eigenvalue weighted by molar-refractivity contribution is 5.91. The van der Waals surface area contributed by atoms with Gasteiger partial charge < -0.3 is 0 Å². The minimum atomic E-state index is -0.0814. The standard InChI is InChI=1S/C18H13N3O/c1-12-16(13-7-3-2-4-8-13)20-17-14-9-5-6-10-15(14)19-11-21(17)18(12)22/h2-11H,1H3. The van der Waals surface area contributed by atoms with E-state index >= 15 is 0 Å². The molecule has 4 aromatic rings. The van der Waals surface area contributed by atoms with Crippen molar-refractivity contribution in [1.29, 1.82) is 0 Å². The molecule has 0 aliphatic carbocycles. The Morgan fingerprint density at radius 3 is 2.50 bits per heavy atom. The molecule has 0 saturated heterocycles. The molecule has 0 aliphatic heterocycles. The van der Waals surface area contributed by atoms with Crippen molar-refractivity contribution in [3.05, 3.63) is 76.8 Å². The van der Waals surface area contributed by atoms with Crippen LogP contribution in [-0.2, 0) is 0 Å². The number of para-hydroxylation sites is 1. The van der Waals surface area contributed by atoms with E-state index in [-0.39, 0.29) is 5.56 Å². The van der Waals surface area contributed by atoms with E-state index in [1.165, 1.54) is 4.40 Å². The van der Waals surface area contributed by atoms with Crippen LogP contribution in [0.2, 0.25) is 0 Å². The van der Waals surface area contributed by atoms with Crippen molar-refractivity contribution in [3.63, 3.8) is 0 Å². The molecule has 0 spiro atoms. The normalized spacial score (nSPS) is 11.1. The fourth-order valence-electron chi connectivity index (χ4n) is 2.69. The highest BCUT2D eigenvalue weighted by Gasteiger charge is 2.12. The predicted molar refractivity (Wildman–Crippen MR) is 86.9 cm³/mol. The van der Waals surface area contributed by atoms with E-state index in [0.29, 0.717) is 11.2 Å². The molecule has 0 amide bonds. The van der Waals surface area contributed by atoms with Gasteiger partial charge in [-0.3, -0.25) is 4.79 Å². The van der Waals surface area contributed by atoms with Crippen LogP contribution in [0.1, 0.15) is 5.56 Å².